The minimum absolute atomic E-state index is 0.176. The SMILES string of the molecule is CCCN(CC(=O)NCCc1ccccc1)S(=O)(=O)C=Cc1ccccc1. The topological polar surface area (TPSA) is 66.5 Å². The van der Waals surface area contributed by atoms with Crippen LogP contribution in [-0.4, -0.2) is 38.3 Å². The number of carbonyl (C=O) groups is 1. The maximum atomic E-state index is 12.6. The predicted octanol–water partition coefficient (Wildman–Crippen LogP) is 3.06. The van der Waals surface area contributed by atoms with E-state index in [4.69, 9.17) is 0 Å². The molecule has 27 heavy (non-hydrogen) atoms. The smallest absolute Gasteiger partial charge is 0.236 e. The molecule has 0 saturated heterocycles. The Bertz CT molecular complexity index is 834. The van der Waals surface area contributed by atoms with Crippen molar-refractivity contribution in [3.05, 3.63) is 77.2 Å². The maximum absolute atomic E-state index is 12.6. The number of nitrogens with one attached hydrogen (secondary N) is 1. The average molecular weight is 387 g/mol. The Morgan fingerprint density at radius 1 is 1.04 bits per heavy atom. The van der Waals surface area contributed by atoms with E-state index in [0.717, 1.165) is 16.5 Å². The average Bonchev–Trinajstić information content (AvgIpc) is 2.68. The summed E-state index contributed by atoms with van der Waals surface area (Å²) in [6, 6.07) is 19.0. The van der Waals surface area contributed by atoms with Crippen molar-refractivity contribution in [1.82, 2.24) is 9.62 Å². The van der Waals surface area contributed by atoms with Gasteiger partial charge in [0.2, 0.25) is 15.9 Å². The molecule has 0 unspecified atom stereocenters. The van der Waals surface area contributed by atoms with Crippen LogP contribution in [0.2, 0.25) is 0 Å². The Morgan fingerprint density at radius 2 is 1.67 bits per heavy atom. The van der Waals surface area contributed by atoms with E-state index < -0.39 is 10.0 Å². The molecule has 1 N–H and O–H groups in total. The fraction of sp³-hybridized carbons (Fsp3) is 0.286. The lowest BCUT2D eigenvalue weighted by Gasteiger charge is -2.19. The molecule has 144 valence electrons. The molecule has 0 radical (unpaired) electrons. The Kier molecular flexibility index (Phi) is 8.23. The molecule has 2 rings (SSSR count). The molecule has 0 bridgehead atoms. The molecule has 0 aliphatic rings. The number of hydrogen-bond acceptors (Lipinski definition) is 3. The molecule has 0 heterocycles. The highest BCUT2D eigenvalue weighted by molar-refractivity contribution is 7.92. The normalized spacial score (nSPS) is 11.8. The quantitative estimate of drug-likeness (QED) is 0.682. The molecule has 0 atom stereocenters. The Morgan fingerprint density at radius 3 is 2.30 bits per heavy atom. The lowest BCUT2D eigenvalue weighted by Crippen LogP contribution is -2.40. The van der Waals surface area contributed by atoms with Gasteiger partial charge in [-0.3, -0.25) is 4.79 Å². The van der Waals surface area contributed by atoms with Crippen molar-refractivity contribution in [2.24, 2.45) is 0 Å². The van der Waals surface area contributed by atoms with E-state index in [-0.39, 0.29) is 12.5 Å². The number of hydrogen-bond donors (Lipinski definition) is 1. The van der Waals surface area contributed by atoms with Gasteiger partial charge in [-0.15, -0.1) is 0 Å². The summed E-state index contributed by atoms with van der Waals surface area (Å²) in [5.74, 6) is -0.295. The van der Waals surface area contributed by atoms with Crippen LogP contribution in [0.25, 0.3) is 6.08 Å². The lowest BCUT2D eigenvalue weighted by molar-refractivity contribution is -0.121. The van der Waals surface area contributed by atoms with E-state index >= 15 is 0 Å². The van der Waals surface area contributed by atoms with Crippen LogP contribution in [-0.2, 0) is 21.2 Å². The van der Waals surface area contributed by atoms with Gasteiger partial charge in [-0.2, -0.15) is 4.31 Å². The first-order valence-electron chi connectivity index (χ1n) is 9.05. The van der Waals surface area contributed by atoms with Gasteiger partial charge < -0.3 is 5.32 Å². The summed E-state index contributed by atoms with van der Waals surface area (Å²) in [6.07, 6.45) is 2.89. The van der Waals surface area contributed by atoms with Crippen molar-refractivity contribution in [3.8, 4) is 0 Å². The maximum Gasteiger partial charge on any atom is 0.236 e. The molecule has 0 aromatic heterocycles. The van der Waals surface area contributed by atoms with Crippen LogP contribution in [0.1, 0.15) is 24.5 Å². The zero-order valence-corrected chi connectivity index (χ0v) is 16.4. The Hall–Kier alpha value is -2.44. The summed E-state index contributed by atoms with van der Waals surface area (Å²) in [7, 11) is -3.66. The number of rotatable bonds is 10. The molecule has 2 aromatic rings. The third kappa shape index (κ3) is 7.37. The number of benzene rings is 2. The lowest BCUT2D eigenvalue weighted by atomic mass is 10.1. The summed E-state index contributed by atoms with van der Waals surface area (Å²) in [6.45, 7) is 2.48. The largest absolute Gasteiger partial charge is 0.355 e. The fourth-order valence-electron chi connectivity index (χ4n) is 2.57. The monoisotopic (exact) mass is 386 g/mol. The molecular formula is C21H26N2O3S. The molecule has 1 amide bonds. The molecular weight excluding hydrogens is 360 g/mol. The van der Waals surface area contributed by atoms with Crippen molar-refractivity contribution in [2.45, 2.75) is 19.8 Å². The molecule has 0 spiro atoms. The third-order valence-electron chi connectivity index (χ3n) is 3.96. The van der Waals surface area contributed by atoms with Gasteiger partial charge in [-0.25, -0.2) is 8.42 Å². The van der Waals surface area contributed by atoms with Crippen molar-refractivity contribution in [2.75, 3.05) is 19.6 Å². The fourth-order valence-corrected chi connectivity index (χ4v) is 3.80. The second-order valence-electron chi connectivity index (χ2n) is 6.18. The van der Waals surface area contributed by atoms with Crippen LogP contribution >= 0.6 is 0 Å². The molecule has 0 saturated carbocycles. The van der Waals surface area contributed by atoms with Gasteiger partial charge in [0, 0.05) is 18.5 Å². The minimum atomic E-state index is -3.66. The van der Waals surface area contributed by atoms with Crippen LogP contribution in [0.3, 0.4) is 0 Å². The highest BCUT2D eigenvalue weighted by Gasteiger charge is 2.21. The van der Waals surface area contributed by atoms with E-state index in [2.05, 4.69) is 5.32 Å². The number of amides is 1. The van der Waals surface area contributed by atoms with E-state index in [0.29, 0.717) is 25.9 Å². The molecule has 2 aromatic carbocycles. The van der Waals surface area contributed by atoms with Gasteiger partial charge in [-0.05, 0) is 30.0 Å². The number of sulfonamides is 1. The summed E-state index contributed by atoms with van der Waals surface area (Å²) < 4.78 is 26.4. The van der Waals surface area contributed by atoms with Crippen LogP contribution in [0.15, 0.2) is 66.1 Å². The highest BCUT2D eigenvalue weighted by Crippen LogP contribution is 2.09. The second-order valence-corrected chi connectivity index (χ2v) is 8.00. The molecule has 0 fully saturated rings. The van der Waals surface area contributed by atoms with Crippen LogP contribution in [0, 0.1) is 0 Å². The molecule has 6 heteroatoms. The summed E-state index contributed by atoms with van der Waals surface area (Å²) >= 11 is 0. The van der Waals surface area contributed by atoms with E-state index in [1.165, 1.54) is 4.31 Å². The van der Waals surface area contributed by atoms with E-state index in [1.807, 2.05) is 67.6 Å². The van der Waals surface area contributed by atoms with Gasteiger partial charge >= 0.3 is 0 Å². The predicted molar refractivity (Wildman–Crippen MR) is 109 cm³/mol. The Labute approximate surface area is 161 Å². The zero-order valence-electron chi connectivity index (χ0n) is 15.5. The van der Waals surface area contributed by atoms with Crippen LogP contribution < -0.4 is 5.32 Å². The van der Waals surface area contributed by atoms with Crippen LogP contribution in [0.4, 0.5) is 0 Å². The van der Waals surface area contributed by atoms with Crippen molar-refractivity contribution < 1.29 is 13.2 Å². The van der Waals surface area contributed by atoms with Crippen molar-refractivity contribution in [3.63, 3.8) is 0 Å². The Balaban J connectivity index is 1.92. The molecule has 5 nitrogen and oxygen atoms in total. The third-order valence-corrected chi connectivity index (χ3v) is 5.48. The van der Waals surface area contributed by atoms with Gasteiger partial charge in [0.05, 0.1) is 6.54 Å². The van der Waals surface area contributed by atoms with Gasteiger partial charge in [0.25, 0.3) is 0 Å². The highest BCUT2D eigenvalue weighted by atomic mass is 32.2. The van der Waals surface area contributed by atoms with Crippen molar-refractivity contribution in [1.29, 1.82) is 0 Å². The second kappa shape index (κ2) is 10.6. The first-order chi connectivity index (χ1) is 13.0. The zero-order chi connectivity index (χ0) is 19.5. The standard InChI is InChI=1S/C21H26N2O3S/c1-2-16-23(27(25,26)17-14-20-11-7-4-8-12-20)18-21(24)22-15-13-19-9-5-3-6-10-19/h3-12,14,17H,2,13,15-16,18H2,1H3,(H,22,24). The van der Waals surface area contributed by atoms with Crippen LogP contribution in [0.5, 0.6) is 0 Å². The summed E-state index contributed by atoms with van der Waals surface area (Å²) in [5.41, 5.74) is 1.92. The van der Waals surface area contributed by atoms with E-state index in [1.54, 1.807) is 6.08 Å². The van der Waals surface area contributed by atoms with E-state index in [9.17, 15) is 13.2 Å². The van der Waals surface area contributed by atoms with Gasteiger partial charge in [0.1, 0.15) is 0 Å². The summed E-state index contributed by atoms with van der Waals surface area (Å²) in [4.78, 5) is 12.2. The summed E-state index contributed by atoms with van der Waals surface area (Å²) in [5, 5.41) is 3.96. The first-order valence-corrected chi connectivity index (χ1v) is 10.6. The van der Waals surface area contributed by atoms with Gasteiger partial charge in [0.15, 0.2) is 0 Å². The number of nitrogens with zero attached hydrogens (tertiary/aromatic N) is 1. The molecule has 0 aliphatic heterocycles. The molecule has 0 aliphatic carbocycles. The van der Waals surface area contributed by atoms with Gasteiger partial charge in [-0.1, -0.05) is 67.6 Å². The first kappa shape index (κ1) is 20.9. The minimum Gasteiger partial charge on any atom is -0.355 e. The number of carbonyl (C=O) groups excluding carboxylic acids is 1. The van der Waals surface area contributed by atoms with Crippen molar-refractivity contribution >= 4 is 22.0 Å².